The van der Waals surface area contributed by atoms with E-state index >= 15 is 0 Å². The molecule has 0 saturated carbocycles. The van der Waals surface area contributed by atoms with Gasteiger partial charge >= 0.3 is 0 Å². The number of nitrogens with one attached hydrogen (secondary N) is 1. The third-order valence-corrected chi connectivity index (χ3v) is 4.09. The molecule has 1 fully saturated rings. The van der Waals surface area contributed by atoms with Crippen LogP contribution in [0.2, 0.25) is 0 Å². The van der Waals surface area contributed by atoms with E-state index in [-0.39, 0.29) is 0 Å². The van der Waals surface area contributed by atoms with Gasteiger partial charge in [0.05, 0.1) is 28.4 Å². The van der Waals surface area contributed by atoms with Gasteiger partial charge in [-0.2, -0.15) is 0 Å². The third kappa shape index (κ3) is 3.08. The lowest BCUT2D eigenvalue weighted by molar-refractivity contribution is 0.227. The predicted octanol–water partition coefficient (Wildman–Crippen LogP) is 1.43. The van der Waals surface area contributed by atoms with Crippen molar-refractivity contribution >= 4 is 0 Å². The summed E-state index contributed by atoms with van der Waals surface area (Å²) >= 11 is 0. The first-order valence-electron chi connectivity index (χ1n) is 7.46. The summed E-state index contributed by atoms with van der Waals surface area (Å²) in [6.45, 7) is 6.87. The number of hydrogen-bond donors (Lipinski definition) is 1. The molecule has 22 heavy (non-hydrogen) atoms. The Morgan fingerprint density at radius 2 is 1.32 bits per heavy atom. The minimum absolute atomic E-state index is 0.573. The molecule has 1 aliphatic rings. The molecule has 0 bridgehead atoms. The van der Waals surface area contributed by atoms with Crippen LogP contribution in [0.3, 0.4) is 0 Å². The molecule has 0 radical (unpaired) electrons. The zero-order valence-corrected chi connectivity index (χ0v) is 14.1. The summed E-state index contributed by atoms with van der Waals surface area (Å²) in [6, 6.07) is 0. The second-order valence-electron chi connectivity index (χ2n) is 5.26. The average molecular weight is 310 g/mol. The van der Waals surface area contributed by atoms with Crippen LogP contribution >= 0.6 is 0 Å². The third-order valence-electron chi connectivity index (χ3n) is 4.09. The number of benzene rings is 1. The fourth-order valence-electron chi connectivity index (χ4n) is 2.94. The molecule has 1 heterocycles. The summed E-state index contributed by atoms with van der Waals surface area (Å²) in [6.07, 6.45) is 0. The number of ether oxygens (including phenoxy) is 4. The van der Waals surface area contributed by atoms with E-state index in [0.29, 0.717) is 17.2 Å². The lowest BCUT2D eigenvalue weighted by Gasteiger charge is -2.29. The zero-order valence-electron chi connectivity index (χ0n) is 14.1. The molecule has 0 spiro atoms. The summed E-state index contributed by atoms with van der Waals surface area (Å²) < 4.78 is 22.2. The molecule has 0 atom stereocenters. The van der Waals surface area contributed by atoms with Gasteiger partial charge in [-0.1, -0.05) is 0 Å². The zero-order chi connectivity index (χ0) is 16.1. The summed E-state index contributed by atoms with van der Waals surface area (Å²) in [7, 11) is 6.52. The highest BCUT2D eigenvalue weighted by atomic mass is 16.5. The lowest BCUT2D eigenvalue weighted by atomic mass is 10.0. The molecule has 2 rings (SSSR count). The highest BCUT2D eigenvalue weighted by Gasteiger charge is 2.26. The van der Waals surface area contributed by atoms with Crippen molar-refractivity contribution in [1.82, 2.24) is 10.2 Å². The van der Waals surface area contributed by atoms with Crippen molar-refractivity contribution in [3.8, 4) is 23.0 Å². The van der Waals surface area contributed by atoms with E-state index < -0.39 is 0 Å². The molecule has 0 aliphatic carbocycles. The van der Waals surface area contributed by atoms with Gasteiger partial charge in [0.25, 0.3) is 0 Å². The maximum Gasteiger partial charge on any atom is 0.207 e. The van der Waals surface area contributed by atoms with E-state index in [4.69, 9.17) is 18.9 Å². The number of piperazine rings is 1. The van der Waals surface area contributed by atoms with Gasteiger partial charge in [0, 0.05) is 43.9 Å². The molecule has 0 amide bonds. The van der Waals surface area contributed by atoms with Gasteiger partial charge in [0.1, 0.15) is 0 Å². The maximum atomic E-state index is 5.63. The summed E-state index contributed by atoms with van der Waals surface area (Å²) in [4.78, 5) is 2.40. The van der Waals surface area contributed by atoms with Crippen molar-refractivity contribution in [2.24, 2.45) is 0 Å². The molecule has 1 aromatic rings. The topological polar surface area (TPSA) is 52.2 Å². The van der Waals surface area contributed by atoms with Crippen molar-refractivity contribution in [2.45, 2.75) is 13.5 Å². The van der Waals surface area contributed by atoms with Gasteiger partial charge in [-0.25, -0.2) is 0 Å². The lowest BCUT2D eigenvalue weighted by Crippen LogP contribution is -2.43. The van der Waals surface area contributed by atoms with Gasteiger partial charge in [-0.15, -0.1) is 0 Å². The molecule has 0 unspecified atom stereocenters. The number of methoxy groups -OCH3 is 4. The van der Waals surface area contributed by atoms with Crippen molar-refractivity contribution in [2.75, 3.05) is 54.6 Å². The van der Waals surface area contributed by atoms with Crippen molar-refractivity contribution in [1.29, 1.82) is 0 Å². The predicted molar refractivity (Wildman–Crippen MR) is 85.5 cm³/mol. The Balaban J connectivity index is 2.50. The van der Waals surface area contributed by atoms with Crippen molar-refractivity contribution < 1.29 is 18.9 Å². The normalized spacial score (nSPS) is 15.5. The molecular formula is C16H26N2O4. The fraction of sp³-hybridized carbons (Fsp3) is 0.625. The van der Waals surface area contributed by atoms with Crippen LogP contribution in [0.1, 0.15) is 11.1 Å². The second-order valence-corrected chi connectivity index (χ2v) is 5.26. The van der Waals surface area contributed by atoms with E-state index in [2.05, 4.69) is 10.2 Å². The van der Waals surface area contributed by atoms with E-state index in [1.54, 1.807) is 28.4 Å². The fourth-order valence-corrected chi connectivity index (χ4v) is 2.94. The average Bonchev–Trinajstić information content (AvgIpc) is 2.56. The first kappa shape index (κ1) is 16.7. The van der Waals surface area contributed by atoms with Gasteiger partial charge in [-0.3, -0.25) is 4.90 Å². The highest BCUT2D eigenvalue weighted by molar-refractivity contribution is 5.66. The molecule has 6 heteroatoms. The summed E-state index contributed by atoms with van der Waals surface area (Å²) in [5.41, 5.74) is 2.11. The van der Waals surface area contributed by atoms with Gasteiger partial charge < -0.3 is 24.3 Å². The molecule has 124 valence electrons. The minimum Gasteiger partial charge on any atom is -0.492 e. The molecule has 1 N–H and O–H groups in total. The number of nitrogens with zero attached hydrogens (tertiary/aromatic N) is 1. The highest BCUT2D eigenvalue weighted by Crippen LogP contribution is 2.49. The minimum atomic E-state index is 0.573. The molecule has 1 aromatic carbocycles. The Morgan fingerprint density at radius 3 is 1.82 bits per heavy atom. The van der Waals surface area contributed by atoms with Crippen molar-refractivity contribution in [3.05, 3.63) is 11.1 Å². The summed E-state index contributed by atoms with van der Waals surface area (Å²) in [5, 5.41) is 3.36. The Bertz CT molecular complexity index is 514. The Kier molecular flexibility index (Phi) is 5.74. The Labute approximate surface area is 132 Å². The maximum absolute atomic E-state index is 5.63. The van der Waals surface area contributed by atoms with Crippen LogP contribution in [-0.2, 0) is 6.54 Å². The number of hydrogen-bond acceptors (Lipinski definition) is 6. The molecule has 0 aromatic heterocycles. The standard InChI is InChI=1S/C16H26N2O4/c1-11-12(10-18-8-6-17-7-9-18)14(20-3)16(22-5)15(21-4)13(11)19-2/h17H,6-10H2,1-5H3. The van der Waals surface area contributed by atoms with Crippen LogP contribution in [-0.4, -0.2) is 59.5 Å². The number of rotatable bonds is 6. The van der Waals surface area contributed by atoms with Crippen LogP contribution in [0.4, 0.5) is 0 Å². The van der Waals surface area contributed by atoms with Gasteiger partial charge in [0.2, 0.25) is 11.5 Å². The van der Waals surface area contributed by atoms with E-state index in [0.717, 1.165) is 49.6 Å². The SMILES string of the molecule is COc1c(C)c(CN2CCNCC2)c(OC)c(OC)c1OC. The van der Waals surface area contributed by atoms with E-state index in [9.17, 15) is 0 Å². The second kappa shape index (κ2) is 7.56. The first-order chi connectivity index (χ1) is 10.7. The first-order valence-corrected chi connectivity index (χ1v) is 7.46. The molecule has 1 aliphatic heterocycles. The van der Waals surface area contributed by atoms with E-state index in [1.807, 2.05) is 6.92 Å². The van der Waals surface area contributed by atoms with Gasteiger partial charge in [0.15, 0.2) is 11.5 Å². The monoisotopic (exact) mass is 310 g/mol. The van der Waals surface area contributed by atoms with Crippen molar-refractivity contribution in [3.63, 3.8) is 0 Å². The molecule has 6 nitrogen and oxygen atoms in total. The van der Waals surface area contributed by atoms with Crippen LogP contribution in [0.25, 0.3) is 0 Å². The molecule has 1 saturated heterocycles. The van der Waals surface area contributed by atoms with Crippen LogP contribution in [0.5, 0.6) is 23.0 Å². The summed E-state index contributed by atoms with van der Waals surface area (Å²) in [5.74, 6) is 2.57. The Hall–Kier alpha value is -1.66. The quantitative estimate of drug-likeness (QED) is 0.858. The van der Waals surface area contributed by atoms with E-state index in [1.165, 1.54) is 0 Å². The smallest absolute Gasteiger partial charge is 0.207 e. The largest absolute Gasteiger partial charge is 0.492 e. The van der Waals surface area contributed by atoms with Crippen LogP contribution in [0, 0.1) is 6.92 Å². The van der Waals surface area contributed by atoms with Crippen LogP contribution < -0.4 is 24.3 Å². The molecular weight excluding hydrogens is 284 g/mol. The van der Waals surface area contributed by atoms with Crippen LogP contribution in [0.15, 0.2) is 0 Å². The Morgan fingerprint density at radius 1 is 0.818 bits per heavy atom. The van der Waals surface area contributed by atoms with Gasteiger partial charge in [-0.05, 0) is 6.92 Å².